The van der Waals surface area contributed by atoms with Crippen molar-refractivity contribution in [3.05, 3.63) is 57.4 Å². The van der Waals surface area contributed by atoms with Gasteiger partial charge in [0.15, 0.2) is 0 Å². The summed E-state index contributed by atoms with van der Waals surface area (Å²) < 4.78 is 28.2. The molecule has 0 aliphatic carbocycles. The quantitative estimate of drug-likeness (QED) is 0.557. The highest BCUT2D eigenvalue weighted by Crippen LogP contribution is 2.32. The van der Waals surface area contributed by atoms with E-state index in [0.717, 1.165) is 21.1 Å². The van der Waals surface area contributed by atoms with Crippen molar-refractivity contribution in [1.82, 2.24) is 14.6 Å². The minimum absolute atomic E-state index is 0.270. The average Bonchev–Trinajstić information content (AvgIpc) is 3.46. The van der Waals surface area contributed by atoms with E-state index < -0.39 is 16.1 Å². The smallest absolute Gasteiger partial charge is 0.245 e. The summed E-state index contributed by atoms with van der Waals surface area (Å²) in [6, 6.07) is 6.99. The first-order valence-corrected chi connectivity index (χ1v) is 14.1. The van der Waals surface area contributed by atoms with E-state index in [1.807, 2.05) is 41.9 Å². The van der Waals surface area contributed by atoms with Crippen molar-refractivity contribution in [3.8, 4) is 9.88 Å². The Bertz CT molecular complexity index is 1180. The van der Waals surface area contributed by atoms with Crippen molar-refractivity contribution < 1.29 is 13.2 Å². The van der Waals surface area contributed by atoms with Crippen LogP contribution in [-0.2, 0) is 21.4 Å². The van der Waals surface area contributed by atoms with Crippen molar-refractivity contribution in [2.75, 3.05) is 11.6 Å². The Morgan fingerprint density at radius 2 is 1.97 bits per heavy atom. The molecule has 164 valence electrons. The number of sulfonamides is 1. The molecule has 0 bridgehead atoms. The molecule has 1 aliphatic heterocycles. The van der Waals surface area contributed by atoms with Crippen LogP contribution in [0.3, 0.4) is 0 Å². The van der Waals surface area contributed by atoms with E-state index in [0.29, 0.717) is 21.8 Å². The van der Waals surface area contributed by atoms with Gasteiger partial charge in [0.2, 0.25) is 15.9 Å². The van der Waals surface area contributed by atoms with Gasteiger partial charge >= 0.3 is 0 Å². The Labute approximate surface area is 194 Å². The third-order valence-corrected chi connectivity index (χ3v) is 10.3. The first-order chi connectivity index (χ1) is 14.8. The zero-order valence-corrected chi connectivity index (χ0v) is 20.7. The van der Waals surface area contributed by atoms with Gasteiger partial charge < -0.3 is 5.32 Å². The van der Waals surface area contributed by atoms with Crippen molar-refractivity contribution in [2.24, 2.45) is 0 Å². The normalized spacial score (nSPS) is 17.2. The molecule has 31 heavy (non-hydrogen) atoms. The van der Waals surface area contributed by atoms with Gasteiger partial charge in [0, 0.05) is 11.1 Å². The molecule has 0 saturated carbocycles. The summed E-state index contributed by atoms with van der Waals surface area (Å²) in [4.78, 5) is 18.9. The number of nitrogens with one attached hydrogen (secondary N) is 1. The number of thioether (sulfide) groups is 1. The van der Waals surface area contributed by atoms with Crippen LogP contribution in [0.1, 0.15) is 22.4 Å². The third-order valence-electron chi connectivity index (χ3n) is 5.04. The Balaban J connectivity index is 1.49. The molecule has 0 unspecified atom stereocenters. The van der Waals surface area contributed by atoms with E-state index in [-0.39, 0.29) is 18.3 Å². The lowest BCUT2D eigenvalue weighted by molar-refractivity contribution is -0.124. The second-order valence-electron chi connectivity index (χ2n) is 7.47. The predicted molar refractivity (Wildman–Crippen MR) is 128 cm³/mol. The topological polar surface area (TPSA) is 79.4 Å². The minimum Gasteiger partial charge on any atom is -0.349 e. The van der Waals surface area contributed by atoms with Crippen molar-refractivity contribution in [1.29, 1.82) is 0 Å². The molecular formula is C21H23N3O3S4. The molecule has 1 atom stereocenters. The summed E-state index contributed by atoms with van der Waals surface area (Å²) in [5.41, 5.74) is 3.20. The van der Waals surface area contributed by atoms with Gasteiger partial charge in [-0.05, 0) is 43.3 Å². The Morgan fingerprint density at radius 1 is 1.23 bits per heavy atom. The van der Waals surface area contributed by atoms with Crippen LogP contribution in [0.2, 0.25) is 0 Å². The highest BCUT2D eigenvalue weighted by atomic mass is 32.2. The number of nitrogens with zero attached hydrogens (tertiary/aromatic N) is 2. The van der Waals surface area contributed by atoms with Crippen molar-refractivity contribution >= 4 is 50.4 Å². The number of hydrogen-bond donors (Lipinski definition) is 1. The van der Waals surface area contributed by atoms with E-state index in [1.165, 1.54) is 27.4 Å². The van der Waals surface area contributed by atoms with Crippen LogP contribution in [0.5, 0.6) is 0 Å². The maximum Gasteiger partial charge on any atom is 0.245 e. The number of rotatable bonds is 6. The highest BCUT2D eigenvalue weighted by Gasteiger charge is 2.41. The van der Waals surface area contributed by atoms with Gasteiger partial charge in [0.05, 0.1) is 27.9 Å². The molecule has 3 heterocycles. The SMILES string of the molecule is Cc1cc(C)c(S(=O)(=O)N2CSC[C@@H]2C(=O)NCc2csc(-c3cccs3)n2)c(C)c1. The number of carbonyl (C=O) groups excluding carboxylic acids is 1. The molecule has 1 fully saturated rings. The molecule has 1 amide bonds. The maximum absolute atomic E-state index is 13.4. The summed E-state index contributed by atoms with van der Waals surface area (Å²) in [5.74, 6) is 0.417. The molecule has 1 aliphatic rings. The summed E-state index contributed by atoms with van der Waals surface area (Å²) in [6.45, 7) is 5.83. The van der Waals surface area contributed by atoms with Crippen LogP contribution in [0, 0.1) is 20.8 Å². The maximum atomic E-state index is 13.4. The summed E-state index contributed by atoms with van der Waals surface area (Å²) in [7, 11) is -3.78. The number of benzene rings is 1. The van der Waals surface area contributed by atoms with Gasteiger partial charge in [-0.3, -0.25) is 4.79 Å². The molecule has 3 aromatic rings. The lowest BCUT2D eigenvalue weighted by atomic mass is 10.1. The van der Waals surface area contributed by atoms with E-state index in [4.69, 9.17) is 0 Å². The van der Waals surface area contributed by atoms with Crippen LogP contribution in [0.25, 0.3) is 9.88 Å². The summed E-state index contributed by atoms with van der Waals surface area (Å²) >= 11 is 4.61. The Morgan fingerprint density at radius 3 is 2.65 bits per heavy atom. The van der Waals surface area contributed by atoms with Crippen LogP contribution < -0.4 is 5.32 Å². The van der Waals surface area contributed by atoms with E-state index in [9.17, 15) is 13.2 Å². The van der Waals surface area contributed by atoms with Crippen LogP contribution in [0.4, 0.5) is 0 Å². The van der Waals surface area contributed by atoms with Gasteiger partial charge in [-0.1, -0.05) is 23.8 Å². The van der Waals surface area contributed by atoms with Crippen LogP contribution in [0.15, 0.2) is 39.9 Å². The van der Waals surface area contributed by atoms with E-state index in [1.54, 1.807) is 25.2 Å². The summed E-state index contributed by atoms with van der Waals surface area (Å²) in [6.07, 6.45) is 0. The number of amides is 1. The zero-order chi connectivity index (χ0) is 22.2. The fourth-order valence-corrected chi connectivity index (χ4v) is 8.96. The number of thiophene rings is 1. The van der Waals surface area contributed by atoms with Gasteiger partial charge in [0.25, 0.3) is 0 Å². The molecule has 6 nitrogen and oxygen atoms in total. The Hall–Kier alpha value is -1.72. The highest BCUT2D eigenvalue weighted by molar-refractivity contribution is 8.00. The van der Waals surface area contributed by atoms with Crippen LogP contribution in [-0.4, -0.2) is 41.3 Å². The lowest BCUT2D eigenvalue weighted by Crippen LogP contribution is -2.47. The second-order valence-corrected chi connectivity index (χ2v) is 12.1. The van der Waals surface area contributed by atoms with Gasteiger partial charge in [-0.15, -0.1) is 34.4 Å². The minimum atomic E-state index is -3.78. The molecule has 4 rings (SSSR count). The van der Waals surface area contributed by atoms with Gasteiger partial charge in [-0.25, -0.2) is 13.4 Å². The second kappa shape index (κ2) is 9.03. The van der Waals surface area contributed by atoms with Crippen molar-refractivity contribution in [2.45, 2.75) is 38.3 Å². The monoisotopic (exact) mass is 493 g/mol. The van der Waals surface area contributed by atoms with E-state index >= 15 is 0 Å². The first kappa shape index (κ1) is 22.5. The number of aromatic nitrogens is 1. The molecule has 0 spiro atoms. The molecule has 1 N–H and O–H groups in total. The molecule has 0 radical (unpaired) electrons. The fourth-order valence-electron chi connectivity index (χ4n) is 3.76. The molecule has 1 saturated heterocycles. The molecule has 2 aromatic heterocycles. The third kappa shape index (κ3) is 4.58. The predicted octanol–water partition coefficient (Wildman–Crippen LogP) is 4.18. The first-order valence-electron chi connectivity index (χ1n) is 9.71. The van der Waals surface area contributed by atoms with E-state index in [2.05, 4.69) is 10.3 Å². The van der Waals surface area contributed by atoms with Crippen LogP contribution >= 0.6 is 34.4 Å². The molecular weight excluding hydrogens is 471 g/mol. The zero-order valence-electron chi connectivity index (χ0n) is 17.4. The number of aryl methyl sites for hydroxylation is 3. The fraction of sp³-hybridized carbons (Fsp3) is 0.333. The number of hydrogen-bond acceptors (Lipinski definition) is 7. The van der Waals surface area contributed by atoms with Gasteiger partial charge in [0.1, 0.15) is 11.0 Å². The standard InChI is InChI=1S/C21H23N3O3S4/c1-13-7-14(2)19(15(3)8-13)31(26,27)24-12-28-11-17(24)20(25)22-9-16-10-30-21(23-16)18-5-4-6-29-18/h4-8,10,17H,9,11-12H2,1-3H3,(H,22,25)/t17-/m1/s1. The van der Waals surface area contributed by atoms with Crippen molar-refractivity contribution in [3.63, 3.8) is 0 Å². The summed E-state index contributed by atoms with van der Waals surface area (Å²) in [5, 5.41) is 7.73. The average molecular weight is 494 g/mol. The number of thiazole rings is 1. The molecule has 10 heteroatoms. The number of carbonyl (C=O) groups is 1. The molecule has 1 aromatic carbocycles. The largest absolute Gasteiger partial charge is 0.349 e. The van der Waals surface area contributed by atoms with Gasteiger partial charge in [-0.2, -0.15) is 4.31 Å². The Kier molecular flexibility index (Phi) is 6.55. The lowest BCUT2D eigenvalue weighted by Gasteiger charge is -2.24.